The van der Waals surface area contributed by atoms with Gasteiger partial charge in [0.15, 0.2) is 0 Å². The van der Waals surface area contributed by atoms with Crippen LogP contribution in [0.5, 0.6) is 0 Å². The first-order valence-corrected chi connectivity index (χ1v) is 6.37. The minimum atomic E-state index is -0.857. The van der Waals surface area contributed by atoms with Crippen molar-refractivity contribution in [1.29, 1.82) is 0 Å². The Morgan fingerprint density at radius 2 is 2.00 bits per heavy atom. The predicted octanol–water partition coefficient (Wildman–Crippen LogP) is 0.437. The van der Waals surface area contributed by atoms with Gasteiger partial charge in [0.25, 0.3) is 0 Å². The van der Waals surface area contributed by atoms with Crippen molar-refractivity contribution in [3.8, 4) is 0 Å². The number of hydrogen-bond donors (Lipinski definition) is 2. The van der Waals surface area contributed by atoms with Gasteiger partial charge in [0.1, 0.15) is 6.04 Å². The average Bonchev–Trinajstić information content (AvgIpc) is 2.68. The summed E-state index contributed by atoms with van der Waals surface area (Å²) in [4.78, 5) is 24.8. The Hall–Kier alpha value is -1.10. The van der Waals surface area contributed by atoms with Crippen LogP contribution in [0.2, 0.25) is 0 Å². The van der Waals surface area contributed by atoms with E-state index in [1.54, 1.807) is 4.90 Å². The van der Waals surface area contributed by atoms with Gasteiger partial charge in [0.05, 0.1) is 0 Å². The van der Waals surface area contributed by atoms with E-state index in [9.17, 15) is 14.7 Å². The maximum absolute atomic E-state index is 11.9. The summed E-state index contributed by atoms with van der Waals surface area (Å²) in [6.07, 6.45) is 4.49. The van der Waals surface area contributed by atoms with Crippen LogP contribution in [0.25, 0.3) is 0 Å². The smallest absolute Gasteiger partial charge is 0.326 e. The highest BCUT2D eigenvalue weighted by atomic mass is 16.4. The molecule has 17 heavy (non-hydrogen) atoms. The number of likely N-dealkylation sites (tertiary alicyclic amines) is 1. The number of carboxylic acids is 1. The molecule has 1 saturated heterocycles. The van der Waals surface area contributed by atoms with E-state index in [-0.39, 0.29) is 24.8 Å². The number of carboxylic acid groups (broad SMARTS) is 1. The highest BCUT2D eigenvalue weighted by molar-refractivity contribution is 5.84. The minimum Gasteiger partial charge on any atom is -0.480 e. The van der Waals surface area contributed by atoms with Gasteiger partial charge in [-0.3, -0.25) is 4.79 Å². The Kier molecular flexibility index (Phi) is 3.66. The first kappa shape index (κ1) is 12.4. The van der Waals surface area contributed by atoms with Gasteiger partial charge in [0, 0.05) is 19.5 Å². The van der Waals surface area contributed by atoms with Gasteiger partial charge >= 0.3 is 5.97 Å². The molecule has 5 nitrogen and oxygen atoms in total. The Morgan fingerprint density at radius 1 is 1.29 bits per heavy atom. The Bertz CT molecular complexity index is 319. The van der Waals surface area contributed by atoms with Crippen LogP contribution in [0.3, 0.4) is 0 Å². The van der Waals surface area contributed by atoms with Gasteiger partial charge in [0.2, 0.25) is 5.91 Å². The zero-order chi connectivity index (χ0) is 12.4. The van der Waals surface area contributed by atoms with Gasteiger partial charge in [-0.1, -0.05) is 12.8 Å². The molecular weight excluding hydrogens is 220 g/mol. The van der Waals surface area contributed by atoms with Gasteiger partial charge < -0.3 is 15.7 Å². The third-order valence-corrected chi connectivity index (χ3v) is 4.07. The van der Waals surface area contributed by atoms with Crippen molar-refractivity contribution in [2.24, 2.45) is 17.6 Å². The number of amides is 1. The molecule has 3 atom stereocenters. The van der Waals surface area contributed by atoms with Crippen LogP contribution in [-0.2, 0) is 9.59 Å². The zero-order valence-corrected chi connectivity index (χ0v) is 9.97. The van der Waals surface area contributed by atoms with Gasteiger partial charge in [-0.15, -0.1) is 0 Å². The normalized spacial score (nSPS) is 32.3. The third kappa shape index (κ3) is 2.29. The van der Waals surface area contributed by atoms with Crippen molar-refractivity contribution in [2.75, 3.05) is 13.1 Å². The van der Waals surface area contributed by atoms with Crippen LogP contribution in [0.4, 0.5) is 0 Å². The monoisotopic (exact) mass is 240 g/mol. The molecule has 1 aliphatic heterocycles. The largest absolute Gasteiger partial charge is 0.480 e. The summed E-state index contributed by atoms with van der Waals surface area (Å²) in [7, 11) is 0. The molecule has 5 heteroatoms. The summed E-state index contributed by atoms with van der Waals surface area (Å²) in [6.45, 7) is 0.900. The maximum atomic E-state index is 11.9. The van der Waals surface area contributed by atoms with Crippen molar-refractivity contribution in [3.05, 3.63) is 0 Å². The Morgan fingerprint density at radius 3 is 2.65 bits per heavy atom. The number of aliphatic carboxylic acids is 1. The van der Waals surface area contributed by atoms with E-state index in [4.69, 9.17) is 5.73 Å². The van der Waals surface area contributed by atoms with Crippen LogP contribution >= 0.6 is 0 Å². The zero-order valence-electron chi connectivity index (χ0n) is 9.97. The lowest BCUT2D eigenvalue weighted by Crippen LogP contribution is -2.43. The summed E-state index contributed by atoms with van der Waals surface area (Å²) in [6, 6.07) is -0.612. The molecule has 0 bridgehead atoms. The number of rotatable bonds is 3. The molecule has 0 spiro atoms. The third-order valence-electron chi connectivity index (χ3n) is 4.07. The topological polar surface area (TPSA) is 83.6 Å². The van der Waals surface area contributed by atoms with Crippen LogP contribution in [-0.4, -0.2) is 41.0 Å². The molecule has 0 aromatic heterocycles. The second-order valence-corrected chi connectivity index (χ2v) is 5.08. The lowest BCUT2D eigenvalue weighted by molar-refractivity contribution is -0.149. The molecule has 2 fully saturated rings. The van der Waals surface area contributed by atoms with E-state index >= 15 is 0 Å². The van der Waals surface area contributed by atoms with E-state index in [0.717, 1.165) is 25.7 Å². The summed E-state index contributed by atoms with van der Waals surface area (Å²) < 4.78 is 0. The van der Waals surface area contributed by atoms with Crippen molar-refractivity contribution in [3.63, 3.8) is 0 Å². The number of carbonyl (C=O) groups is 2. The van der Waals surface area contributed by atoms with Crippen LogP contribution in [0, 0.1) is 11.8 Å². The standard InChI is InChI=1S/C12H20N2O3/c13-6-5-10(15)14-7-8-3-1-2-4-9(8)11(14)12(16)17/h8-9,11H,1-7,13H2,(H,16,17). The van der Waals surface area contributed by atoms with Crippen molar-refractivity contribution in [2.45, 2.75) is 38.1 Å². The van der Waals surface area contributed by atoms with Crippen LogP contribution in [0.1, 0.15) is 32.1 Å². The average molecular weight is 240 g/mol. The lowest BCUT2D eigenvalue weighted by Gasteiger charge is -2.27. The van der Waals surface area contributed by atoms with Crippen molar-refractivity contribution >= 4 is 11.9 Å². The van der Waals surface area contributed by atoms with Gasteiger partial charge in [-0.25, -0.2) is 4.79 Å². The number of hydrogen-bond acceptors (Lipinski definition) is 3. The van der Waals surface area contributed by atoms with E-state index in [1.165, 1.54) is 0 Å². The van der Waals surface area contributed by atoms with E-state index < -0.39 is 12.0 Å². The molecular formula is C12H20N2O3. The summed E-state index contributed by atoms with van der Waals surface area (Å²) in [5, 5.41) is 9.31. The highest BCUT2D eigenvalue weighted by Gasteiger charge is 2.47. The molecule has 2 aliphatic rings. The molecule has 0 radical (unpaired) electrons. The first-order chi connectivity index (χ1) is 8.15. The maximum Gasteiger partial charge on any atom is 0.326 e. The Balaban J connectivity index is 2.15. The molecule has 3 N–H and O–H groups in total. The highest BCUT2D eigenvalue weighted by Crippen LogP contribution is 2.40. The van der Waals surface area contributed by atoms with Crippen LogP contribution in [0.15, 0.2) is 0 Å². The quantitative estimate of drug-likeness (QED) is 0.749. The SMILES string of the molecule is NCCC(=O)N1CC2CCCCC2C1C(=O)O. The number of nitrogens with two attached hydrogens (primary N) is 1. The molecule has 3 unspecified atom stereocenters. The minimum absolute atomic E-state index is 0.103. The molecule has 96 valence electrons. The van der Waals surface area contributed by atoms with Gasteiger partial charge in [-0.2, -0.15) is 0 Å². The van der Waals surface area contributed by atoms with E-state index in [2.05, 4.69) is 0 Å². The second-order valence-electron chi connectivity index (χ2n) is 5.08. The molecule has 2 rings (SSSR count). The summed E-state index contributed by atoms with van der Waals surface area (Å²) in [5.41, 5.74) is 5.37. The second kappa shape index (κ2) is 5.04. The molecule has 1 aliphatic carbocycles. The number of carbonyl (C=O) groups excluding carboxylic acids is 1. The Labute approximate surface area is 101 Å². The summed E-state index contributed by atoms with van der Waals surface area (Å²) >= 11 is 0. The molecule has 0 aromatic rings. The molecule has 1 saturated carbocycles. The molecule has 1 heterocycles. The fourth-order valence-electron chi connectivity index (χ4n) is 3.32. The lowest BCUT2D eigenvalue weighted by atomic mass is 9.78. The van der Waals surface area contributed by atoms with Crippen molar-refractivity contribution in [1.82, 2.24) is 4.90 Å². The molecule has 1 amide bonds. The van der Waals surface area contributed by atoms with Crippen LogP contribution < -0.4 is 5.73 Å². The predicted molar refractivity (Wildman–Crippen MR) is 62.3 cm³/mol. The van der Waals surface area contributed by atoms with E-state index in [1.807, 2.05) is 0 Å². The number of nitrogens with zero attached hydrogens (tertiary/aromatic N) is 1. The van der Waals surface area contributed by atoms with Gasteiger partial charge in [-0.05, 0) is 24.7 Å². The first-order valence-electron chi connectivity index (χ1n) is 6.37. The van der Waals surface area contributed by atoms with E-state index in [0.29, 0.717) is 12.5 Å². The summed E-state index contributed by atoms with van der Waals surface area (Å²) in [5.74, 6) is -0.423. The number of fused-ring (bicyclic) bond motifs is 1. The van der Waals surface area contributed by atoms with Crippen molar-refractivity contribution < 1.29 is 14.7 Å². The molecule has 0 aromatic carbocycles. The fraction of sp³-hybridized carbons (Fsp3) is 0.833. The fourth-order valence-corrected chi connectivity index (χ4v) is 3.32.